The van der Waals surface area contributed by atoms with Crippen molar-refractivity contribution in [3.63, 3.8) is 0 Å². The number of nitrogens with one attached hydrogen (secondary N) is 1. The summed E-state index contributed by atoms with van der Waals surface area (Å²) in [5.41, 5.74) is 5.19. The first-order chi connectivity index (χ1) is 11.8. The van der Waals surface area contributed by atoms with Gasteiger partial charge in [-0.1, -0.05) is 17.7 Å². The number of anilines is 2. The zero-order chi connectivity index (χ0) is 18.3. The number of aromatic nitrogens is 2. The number of halogens is 1. The molecule has 0 saturated carbocycles. The molecule has 0 saturated heterocycles. The van der Waals surface area contributed by atoms with E-state index < -0.39 is 0 Å². The van der Waals surface area contributed by atoms with Crippen LogP contribution in [0, 0.1) is 27.7 Å². The van der Waals surface area contributed by atoms with E-state index in [0.29, 0.717) is 15.5 Å². The minimum atomic E-state index is -0.384. The van der Waals surface area contributed by atoms with E-state index in [4.69, 9.17) is 16.3 Å². The summed E-state index contributed by atoms with van der Waals surface area (Å²) in [6.07, 6.45) is 0. The third-order valence-corrected chi connectivity index (χ3v) is 5.39. The maximum absolute atomic E-state index is 12.0. The maximum atomic E-state index is 12.0. The largest absolute Gasteiger partial charge is 0.465 e. The second-order valence-electron chi connectivity index (χ2n) is 5.97. The molecule has 0 aliphatic heterocycles. The summed E-state index contributed by atoms with van der Waals surface area (Å²) in [5.74, 6) is 0.208. The van der Waals surface area contributed by atoms with Gasteiger partial charge in [-0.05, 0) is 56.0 Å². The predicted octanol–water partition coefficient (Wildman–Crippen LogP) is 5.11. The van der Waals surface area contributed by atoms with E-state index in [-0.39, 0.29) is 11.3 Å². The van der Waals surface area contributed by atoms with Gasteiger partial charge in [0.05, 0.1) is 12.5 Å². The number of hydrogen-bond donors (Lipinski definition) is 1. The van der Waals surface area contributed by atoms with Gasteiger partial charge in [0, 0.05) is 5.69 Å². The number of ether oxygens (including phenoxy) is 1. The first kappa shape index (κ1) is 17.6. The van der Waals surface area contributed by atoms with Gasteiger partial charge in [0.25, 0.3) is 0 Å². The predicted molar refractivity (Wildman–Crippen MR) is 102 cm³/mol. The molecule has 0 unspecified atom stereocenters. The van der Waals surface area contributed by atoms with Crippen LogP contribution in [0.3, 0.4) is 0 Å². The third-order valence-electron chi connectivity index (χ3n) is 4.05. The number of nitrogens with zero attached hydrogens (tertiary/aromatic N) is 2. The number of carbonyl (C=O) groups is 1. The van der Waals surface area contributed by atoms with Gasteiger partial charge in [-0.2, -0.15) is 4.98 Å². The van der Waals surface area contributed by atoms with Gasteiger partial charge in [-0.3, -0.25) is 0 Å². The molecule has 2 heterocycles. The van der Waals surface area contributed by atoms with Crippen LogP contribution >= 0.6 is 22.9 Å². The van der Waals surface area contributed by atoms with Gasteiger partial charge in [-0.15, -0.1) is 11.3 Å². The smallest absolute Gasteiger partial charge is 0.348 e. The first-order valence-electron chi connectivity index (χ1n) is 7.71. The molecule has 0 fully saturated rings. The molecule has 1 N–H and O–H groups in total. The number of benzene rings is 1. The summed E-state index contributed by atoms with van der Waals surface area (Å²) in [6.45, 7) is 8.02. The minimum absolute atomic E-state index is 0.134. The average Bonchev–Trinajstić information content (AvgIpc) is 2.86. The third kappa shape index (κ3) is 3.19. The lowest BCUT2D eigenvalue weighted by molar-refractivity contribution is 0.0605. The average molecular weight is 376 g/mol. The number of carbonyl (C=O) groups excluding carboxylic acids is 1. The number of aryl methyl sites for hydroxylation is 4. The van der Waals surface area contributed by atoms with Crippen molar-refractivity contribution in [1.82, 2.24) is 9.97 Å². The normalized spacial score (nSPS) is 11.0. The van der Waals surface area contributed by atoms with Crippen LogP contribution < -0.4 is 5.32 Å². The molecule has 0 radical (unpaired) electrons. The Bertz CT molecular complexity index is 975. The molecule has 7 heteroatoms. The Hall–Kier alpha value is -2.18. The zero-order valence-corrected chi connectivity index (χ0v) is 16.2. The SMILES string of the molecule is COC(=O)c1sc2nc(Cl)nc(Nc3c(C)cc(C)cc3C)c2c1C. The number of thiophene rings is 1. The molecule has 130 valence electrons. The van der Waals surface area contributed by atoms with Gasteiger partial charge in [0.2, 0.25) is 5.28 Å². The Morgan fingerprint density at radius 1 is 1.16 bits per heavy atom. The monoisotopic (exact) mass is 375 g/mol. The highest BCUT2D eigenvalue weighted by molar-refractivity contribution is 7.20. The molecular formula is C18H18ClN3O2S. The molecule has 0 amide bonds. The van der Waals surface area contributed by atoms with Crippen molar-refractivity contribution in [2.75, 3.05) is 12.4 Å². The van der Waals surface area contributed by atoms with Gasteiger partial charge in [0.15, 0.2) is 0 Å². The van der Waals surface area contributed by atoms with Crippen LogP contribution in [0.2, 0.25) is 5.28 Å². The van der Waals surface area contributed by atoms with E-state index in [1.807, 2.05) is 20.8 Å². The van der Waals surface area contributed by atoms with Gasteiger partial charge >= 0.3 is 5.97 Å². The fourth-order valence-electron chi connectivity index (χ4n) is 2.99. The Balaban J connectivity index is 2.20. The van der Waals surface area contributed by atoms with E-state index in [2.05, 4.69) is 34.3 Å². The molecular weight excluding hydrogens is 358 g/mol. The molecule has 0 aliphatic rings. The van der Waals surface area contributed by atoms with Crippen molar-refractivity contribution < 1.29 is 9.53 Å². The summed E-state index contributed by atoms with van der Waals surface area (Å²) < 4.78 is 4.86. The topological polar surface area (TPSA) is 64.1 Å². The molecule has 3 aromatic rings. The van der Waals surface area contributed by atoms with Gasteiger partial charge in [-0.25, -0.2) is 9.78 Å². The highest BCUT2D eigenvalue weighted by Crippen LogP contribution is 2.37. The molecule has 2 aromatic heterocycles. The highest BCUT2D eigenvalue weighted by Gasteiger charge is 2.21. The number of rotatable bonds is 3. The summed E-state index contributed by atoms with van der Waals surface area (Å²) in [6, 6.07) is 4.21. The van der Waals surface area contributed by atoms with E-state index in [1.54, 1.807) is 0 Å². The van der Waals surface area contributed by atoms with Crippen molar-refractivity contribution in [2.45, 2.75) is 27.7 Å². The van der Waals surface area contributed by atoms with E-state index in [1.165, 1.54) is 24.0 Å². The molecule has 0 atom stereocenters. The van der Waals surface area contributed by atoms with Crippen LogP contribution in [-0.2, 0) is 4.74 Å². The van der Waals surface area contributed by atoms with Crippen LogP contribution in [0.5, 0.6) is 0 Å². The number of esters is 1. The van der Waals surface area contributed by atoms with E-state index in [0.717, 1.165) is 27.8 Å². The highest BCUT2D eigenvalue weighted by atomic mass is 35.5. The van der Waals surface area contributed by atoms with Crippen LogP contribution in [0.4, 0.5) is 11.5 Å². The molecule has 0 spiro atoms. The molecule has 1 aromatic carbocycles. The Morgan fingerprint density at radius 3 is 2.40 bits per heavy atom. The van der Waals surface area contributed by atoms with E-state index >= 15 is 0 Å². The van der Waals surface area contributed by atoms with Crippen LogP contribution in [-0.4, -0.2) is 23.0 Å². The van der Waals surface area contributed by atoms with Gasteiger partial charge in [0.1, 0.15) is 15.5 Å². The molecule has 5 nitrogen and oxygen atoms in total. The number of hydrogen-bond acceptors (Lipinski definition) is 6. The van der Waals surface area contributed by atoms with Crippen molar-refractivity contribution in [1.29, 1.82) is 0 Å². The minimum Gasteiger partial charge on any atom is -0.465 e. The van der Waals surface area contributed by atoms with Crippen molar-refractivity contribution >= 4 is 50.6 Å². The molecule has 0 aliphatic carbocycles. The zero-order valence-electron chi connectivity index (χ0n) is 14.7. The first-order valence-corrected chi connectivity index (χ1v) is 8.91. The lowest BCUT2D eigenvalue weighted by Crippen LogP contribution is -2.02. The van der Waals surface area contributed by atoms with Gasteiger partial charge < -0.3 is 10.1 Å². The van der Waals surface area contributed by atoms with Crippen molar-refractivity contribution in [3.05, 3.63) is 44.5 Å². The second kappa shape index (κ2) is 6.61. The summed E-state index contributed by atoms with van der Waals surface area (Å²) >= 11 is 7.35. The van der Waals surface area contributed by atoms with E-state index in [9.17, 15) is 4.79 Å². The second-order valence-corrected chi connectivity index (χ2v) is 7.31. The van der Waals surface area contributed by atoms with Crippen LogP contribution in [0.15, 0.2) is 12.1 Å². The molecule has 0 bridgehead atoms. The Morgan fingerprint density at radius 2 is 1.80 bits per heavy atom. The molecule has 3 rings (SSSR count). The molecule has 25 heavy (non-hydrogen) atoms. The van der Waals surface area contributed by atoms with Crippen LogP contribution in [0.25, 0.3) is 10.2 Å². The summed E-state index contributed by atoms with van der Waals surface area (Å²) in [4.78, 5) is 21.8. The maximum Gasteiger partial charge on any atom is 0.348 e. The lowest BCUT2D eigenvalue weighted by atomic mass is 10.0. The Labute approximate surface area is 155 Å². The quantitative estimate of drug-likeness (QED) is 0.509. The fraction of sp³-hybridized carbons (Fsp3) is 0.278. The summed E-state index contributed by atoms with van der Waals surface area (Å²) in [7, 11) is 1.36. The van der Waals surface area contributed by atoms with Crippen molar-refractivity contribution in [2.24, 2.45) is 0 Å². The number of methoxy groups -OCH3 is 1. The fourth-order valence-corrected chi connectivity index (χ4v) is 4.30. The number of fused-ring (bicyclic) bond motifs is 1. The van der Waals surface area contributed by atoms with Crippen molar-refractivity contribution in [3.8, 4) is 0 Å². The lowest BCUT2D eigenvalue weighted by Gasteiger charge is -2.14. The van der Waals surface area contributed by atoms with Crippen LogP contribution in [0.1, 0.15) is 31.9 Å². The Kier molecular flexibility index (Phi) is 4.67. The standard InChI is InChI=1S/C18H18ClN3O2S/c1-8-6-9(2)13(10(3)7-8)20-15-12-11(4)14(17(23)24-5)25-16(12)22-18(19)21-15/h6-7H,1-5H3,(H,20,21,22). The summed E-state index contributed by atoms with van der Waals surface area (Å²) in [5, 5.41) is 4.30.